The molecule has 2 aromatic carbocycles. The quantitative estimate of drug-likeness (QED) is 0.386. The Morgan fingerprint density at radius 1 is 0.921 bits per heavy atom. The van der Waals surface area contributed by atoms with Crippen LogP contribution in [-0.4, -0.2) is 69.7 Å². The maximum atomic E-state index is 12.8. The van der Waals surface area contributed by atoms with E-state index in [9.17, 15) is 9.59 Å². The van der Waals surface area contributed by atoms with E-state index in [1.807, 2.05) is 60.8 Å². The van der Waals surface area contributed by atoms with Crippen LogP contribution in [0.15, 0.2) is 66.0 Å². The molecule has 2 unspecified atom stereocenters. The Kier molecular flexibility index (Phi) is 9.62. The zero-order chi connectivity index (χ0) is 26.9. The number of carbonyl (C=O) groups excluding carboxylic acids is 2. The Balaban J connectivity index is 1.33. The second kappa shape index (κ2) is 13.3. The molecular weight excluding hydrogens is 500 g/mol. The van der Waals surface area contributed by atoms with E-state index in [0.717, 1.165) is 48.9 Å². The Hall–Kier alpha value is -3.56. The van der Waals surface area contributed by atoms with Crippen LogP contribution in [0.3, 0.4) is 0 Å². The summed E-state index contributed by atoms with van der Waals surface area (Å²) in [7, 11) is 3.32. The van der Waals surface area contributed by atoms with Crippen LogP contribution in [0.25, 0.3) is 0 Å². The van der Waals surface area contributed by atoms with Gasteiger partial charge in [-0.2, -0.15) is 0 Å². The van der Waals surface area contributed by atoms with E-state index in [1.54, 1.807) is 25.6 Å². The van der Waals surface area contributed by atoms with Gasteiger partial charge in [-0.25, -0.2) is 0 Å². The summed E-state index contributed by atoms with van der Waals surface area (Å²) in [5, 5.41) is 7.74. The summed E-state index contributed by atoms with van der Waals surface area (Å²) >= 11 is 1.67. The number of nitrogens with one attached hydrogen (secondary N) is 2. The molecule has 4 rings (SSSR count). The molecule has 1 aliphatic rings. The van der Waals surface area contributed by atoms with Crippen LogP contribution in [-0.2, 0) is 16.0 Å². The fraction of sp³-hybridized carbons (Fsp3) is 0.379. The van der Waals surface area contributed by atoms with E-state index in [2.05, 4.69) is 32.6 Å². The van der Waals surface area contributed by atoms with E-state index >= 15 is 0 Å². The summed E-state index contributed by atoms with van der Waals surface area (Å²) < 4.78 is 10.7. The minimum Gasteiger partial charge on any atom is -0.497 e. The van der Waals surface area contributed by atoms with Crippen molar-refractivity contribution in [3.63, 3.8) is 0 Å². The van der Waals surface area contributed by atoms with E-state index in [4.69, 9.17) is 9.47 Å². The molecule has 9 heteroatoms. The Morgan fingerprint density at radius 3 is 2.32 bits per heavy atom. The summed E-state index contributed by atoms with van der Waals surface area (Å²) in [5.41, 5.74) is 2.15. The second-order valence-electron chi connectivity index (χ2n) is 9.27. The highest BCUT2D eigenvalue weighted by Crippen LogP contribution is 2.32. The van der Waals surface area contributed by atoms with Crippen LogP contribution in [0.1, 0.15) is 23.4 Å². The lowest BCUT2D eigenvalue weighted by Crippen LogP contribution is -2.53. The number of methoxy groups -OCH3 is 2. The Bertz CT molecular complexity index is 1180. The highest BCUT2D eigenvalue weighted by atomic mass is 32.1. The van der Waals surface area contributed by atoms with Crippen LogP contribution in [0.4, 0.5) is 5.69 Å². The number of carbonyl (C=O) groups is 2. The number of rotatable bonds is 10. The lowest BCUT2D eigenvalue weighted by Gasteiger charge is -2.42. The lowest BCUT2D eigenvalue weighted by atomic mass is 10.0. The first kappa shape index (κ1) is 27.5. The smallest absolute Gasteiger partial charge is 0.309 e. The number of ether oxygens (including phenoxy) is 2. The van der Waals surface area contributed by atoms with Gasteiger partial charge in [0, 0.05) is 43.6 Å². The van der Waals surface area contributed by atoms with Crippen LogP contribution >= 0.6 is 11.3 Å². The summed E-state index contributed by atoms with van der Waals surface area (Å²) in [6, 6.07) is 19.6. The molecule has 1 saturated heterocycles. The van der Waals surface area contributed by atoms with Gasteiger partial charge < -0.3 is 25.0 Å². The van der Waals surface area contributed by atoms with Crippen molar-refractivity contribution < 1.29 is 19.1 Å². The first-order valence-corrected chi connectivity index (χ1v) is 13.7. The molecule has 1 fully saturated rings. The van der Waals surface area contributed by atoms with Crippen LogP contribution in [0.2, 0.25) is 0 Å². The molecule has 2 atom stereocenters. The van der Waals surface area contributed by atoms with Gasteiger partial charge in [-0.3, -0.25) is 14.5 Å². The monoisotopic (exact) mass is 536 g/mol. The third-order valence-corrected chi connectivity index (χ3v) is 7.81. The van der Waals surface area contributed by atoms with Crippen LogP contribution < -0.4 is 25.0 Å². The summed E-state index contributed by atoms with van der Waals surface area (Å²) in [6.07, 6.45) is 0.632. The van der Waals surface area contributed by atoms with E-state index in [-0.39, 0.29) is 12.1 Å². The molecule has 0 spiro atoms. The molecule has 0 radical (unpaired) electrons. The number of nitrogens with zero attached hydrogens (tertiary/aromatic N) is 2. The molecule has 0 saturated carbocycles. The maximum Gasteiger partial charge on any atom is 0.309 e. The minimum absolute atomic E-state index is 0.0223. The molecular formula is C29H36N4O4S. The first-order chi connectivity index (χ1) is 18.5. The van der Waals surface area contributed by atoms with Gasteiger partial charge in [-0.05, 0) is 54.6 Å². The summed E-state index contributed by atoms with van der Waals surface area (Å²) in [4.78, 5) is 31.2. The van der Waals surface area contributed by atoms with Crippen molar-refractivity contribution in [2.24, 2.45) is 0 Å². The van der Waals surface area contributed by atoms with Gasteiger partial charge in [0.15, 0.2) is 0 Å². The number of benzene rings is 2. The predicted molar refractivity (Wildman–Crippen MR) is 151 cm³/mol. The van der Waals surface area contributed by atoms with Gasteiger partial charge in [0.2, 0.25) is 0 Å². The van der Waals surface area contributed by atoms with E-state index in [1.165, 1.54) is 4.88 Å². The van der Waals surface area contributed by atoms with Crippen LogP contribution in [0.5, 0.6) is 11.5 Å². The zero-order valence-electron chi connectivity index (χ0n) is 22.2. The van der Waals surface area contributed by atoms with E-state index < -0.39 is 11.8 Å². The van der Waals surface area contributed by atoms with Crippen molar-refractivity contribution in [2.75, 3.05) is 51.8 Å². The standard InChI is InChI=1S/C29H36N4O4S/c1-21(31-29(35)28(34)30-15-14-22-10-12-23(36-2)13-11-22)27(26-9-6-20-38-26)33-18-16-32(17-19-33)24-7-4-5-8-25(24)37-3/h4-13,20-21,27H,14-19H2,1-3H3,(H,30,34)(H,31,35). The second-order valence-corrected chi connectivity index (χ2v) is 10.3. The molecule has 2 amide bonds. The molecule has 8 nitrogen and oxygen atoms in total. The largest absolute Gasteiger partial charge is 0.497 e. The molecule has 0 aliphatic carbocycles. The lowest BCUT2D eigenvalue weighted by molar-refractivity contribution is -0.139. The van der Waals surface area contributed by atoms with Crippen molar-refractivity contribution >= 4 is 28.8 Å². The molecule has 2 N–H and O–H groups in total. The van der Waals surface area contributed by atoms with Crippen molar-refractivity contribution in [2.45, 2.75) is 25.4 Å². The van der Waals surface area contributed by atoms with Crippen molar-refractivity contribution in [3.8, 4) is 11.5 Å². The van der Waals surface area contributed by atoms with Gasteiger partial charge in [0.05, 0.1) is 25.9 Å². The zero-order valence-corrected chi connectivity index (χ0v) is 23.0. The van der Waals surface area contributed by atoms with Gasteiger partial charge in [-0.15, -0.1) is 11.3 Å². The Labute approximate surface area is 228 Å². The highest BCUT2D eigenvalue weighted by molar-refractivity contribution is 7.10. The SMILES string of the molecule is COc1ccc(CCNC(=O)C(=O)NC(C)C(c2cccs2)N2CCN(c3ccccc3OC)CC2)cc1. The Morgan fingerprint density at radius 2 is 1.66 bits per heavy atom. The molecule has 3 aromatic rings. The topological polar surface area (TPSA) is 83.1 Å². The molecule has 1 aliphatic heterocycles. The minimum atomic E-state index is -0.615. The van der Waals surface area contributed by atoms with Gasteiger partial charge in [0.1, 0.15) is 11.5 Å². The van der Waals surface area contributed by atoms with Crippen molar-refractivity contribution in [1.29, 1.82) is 0 Å². The number of amides is 2. The predicted octanol–water partition coefficient (Wildman–Crippen LogP) is 3.49. The summed E-state index contributed by atoms with van der Waals surface area (Å²) in [5.74, 6) is 0.430. The van der Waals surface area contributed by atoms with Gasteiger partial charge >= 0.3 is 11.8 Å². The first-order valence-electron chi connectivity index (χ1n) is 12.9. The van der Waals surface area contributed by atoms with Crippen LogP contribution in [0, 0.1) is 0 Å². The third kappa shape index (κ3) is 6.85. The fourth-order valence-electron chi connectivity index (χ4n) is 4.88. The number of thiophene rings is 1. The molecule has 202 valence electrons. The molecule has 38 heavy (non-hydrogen) atoms. The number of hydrogen-bond acceptors (Lipinski definition) is 7. The average Bonchev–Trinajstić information content (AvgIpc) is 3.48. The molecule has 2 heterocycles. The number of anilines is 1. The highest BCUT2D eigenvalue weighted by Gasteiger charge is 2.32. The van der Waals surface area contributed by atoms with E-state index in [0.29, 0.717) is 13.0 Å². The summed E-state index contributed by atoms with van der Waals surface area (Å²) in [6.45, 7) is 5.69. The number of para-hydroxylation sites is 2. The third-order valence-electron chi connectivity index (χ3n) is 6.87. The average molecular weight is 537 g/mol. The van der Waals surface area contributed by atoms with Gasteiger partial charge in [0.25, 0.3) is 0 Å². The number of piperazine rings is 1. The van der Waals surface area contributed by atoms with Gasteiger partial charge in [-0.1, -0.05) is 30.3 Å². The van der Waals surface area contributed by atoms with Crippen molar-refractivity contribution in [1.82, 2.24) is 15.5 Å². The molecule has 1 aromatic heterocycles. The number of hydrogen-bond donors (Lipinski definition) is 2. The fourth-order valence-corrected chi connectivity index (χ4v) is 5.84. The maximum absolute atomic E-state index is 12.8. The van der Waals surface area contributed by atoms with Crippen molar-refractivity contribution in [3.05, 3.63) is 76.5 Å². The molecule has 0 bridgehead atoms. The normalized spacial score (nSPS) is 15.4.